The molecule has 0 saturated carbocycles. The second kappa shape index (κ2) is 3.72. The normalized spacial score (nSPS) is 29.8. The van der Waals surface area contributed by atoms with Gasteiger partial charge in [0.1, 0.15) is 0 Å². The summed E-state index contributed by atoms with van der Waals surface area (Å²) in [6.07, 6.45) is 8.87. The summed E-state index contributed by atoms with van der Waals surface area (Å²) in [5.41, 5.74) is 0. The summed E-state index contributed by atoms with van der Waals surface area (Å²) in [6, 6.07) is 0. The van der Waals surface area contributed by atoms with Gasteiger partial charge in [-0.1, -0.05) is 38.2 Å². The van der Waals surface area contributed by atoms with Gasteiger partial charge in [-0.15, -0.1) is 0 Å². The van der Waals surface area contributed by atoms with Crippen molar-refractivity contribution in [1.29, 1.82) is 0 Å². The maximum absolute atomic E-state index is 5.15. The zero-order valence-electron chi connectivity index (χ0n) is 7.45. The predicted octanol–water partition coefficient (Wildman–Crippen LogP) is 2.40. The molecule has 0 atom stereocenters. The average molecular weight is 152 g/mol. The predicted molar refractivity (Wildman–Crippen MR) is 47.4 cm³/mol. The Morgan fingerprint density at radius 2 is 1.64 bits per heavy atom. The van der Waals surface area contributed by atoms with Gasteiger partial charge in [0.2, 0.25) is 0 Å². The second-order valence-corrected chi connectivity index (χ2v) is 3.29. The van der Waals surface area contributed by atoms with E-state index in [0.29, 0.717) is 11.8 Å². The van der Waals surface area contributed by atoms with E-state index in [0.717, 1.165) is 0 Å². The van der Waals surface area contributed by atoms with E-state index < -0.39 is 0 Å². The average Bonchev–Trinajstić information content (AvgIpc) is 2.05. The summed E-state index contributed by atoms with van der Waals surface area (Å²) in [5, 5.41) is 0. The topological polar surface area (TPSA) is 9.23 Å². The minimum Gasteiger partial charge on any atom is -0.373 e. The molecule has 1 aliphatic carbocycles. The van der Waals surface area contributed by atoms with E-state index in [1.54, 1.807) is 7.11 Å². The largest absolute Gasteiger partial charge is 0.373 e. The molecule has 0 spiro atoms. The van der Waals surface area contributed by atoms with E-state index in [2.05, 4.69) is 38.2 Å². The van der Waals surface area contributed by atoms with E-state index in [-0.39, 0.29) is 6.10 Å². The van der Waals surface area contributed by atoms with Crippen LogP contribution in [0.2, 0.25) is 0 Å². The Morgan fingerprint density at radius 3 is 2.00 bits per heavy atom. The Bertz CT molecular complexity index is 154. The fraction of sp³-hybridized carbons (Fsp3) is 0.600. The Kier molecular flexibility index (Phi) is 2.89. The van der Waals surface area contributed by atoms with Gasteiger partial charge in [0.25, 0.3) is 0 Å². The van der Waals surface area contributed by atoms with E-state index in [1.165, 1.54) is 0 Å². The van der Waals surface area contributed by atoms with E-state index in [9.17, 15) is 0 Å². The molecule has 0 amide bonds. The first-order valence-electron chi connectivity index (χ1n) is 4.13. The van der Waals surface area contributed by atoms with E-state index in [1.807, 2.05) is 0 Å². The third-order valence-electron chi connectivity index (χ3n) is 2.09. The number of hydrogen-bond donors (Lipinski definition) is 0. The van der Waals surface area contributed by atoms with Crippen LogP contribution in [0.5, 0.6) is 0 Å². The molecule has 0 unspecified atom stereocenters. The summed E-state index contributed by atoms with van der Waals surface area (Å²) in [7, 11) is 1.73. The van der Waals surface area contributed by atoms with Crippen molar-refractivity contribution in [3.63, 3.8) is 0 Å². The maximum atomic E-state index is 5.15. The molecule has 0 saturated heterocycles. The first-order chi connectivity index (χ1) is 5.24. The molecule has 0 fully saturated rings. The van der Waals surface area contributed by atoms with Crippen LogP contribution in [0.25, 0.3) is 0 Å². The van der Waals surface area contributed by atoms with Gasteiger partial charge >= 0.3 is 0 Å². The highest BCUT2D eigenvalue weighted by molar-refractivity contribution is 5.15. The molecule has 11 heavy (non-hydrogen) atoms. The first-order valence-corrected chi connectivity index (χ1v) is 4.13. The molecule has 1 rings (SSSR count). The summed E-state index contributed by atoms with van der Waals surface area (Å²) < 4.78 is 5.15. The van der Waals surface area contributed by atoms with Gasteiger partial charge in [-0.25, -0.2) is 0 Å². The quantitative estimate of drug-likeness (QED) is 0.552. The third kappa shape index (κ3) is 2.19. The molecule has 1 heteroatoms. The lowest BCUT2D eigenvalue weighted by atomic mass is 9.91. The number of rotatable bonds is 2. The highest BCUT2D eigenvalue weighted by Gasteiger charge is 2.10. The van der Waals surface area contributed by atoms with Crippen LogP contribution in [0, 0.1) is 11.8 Å². The number of hydrogen-bond acceptors (Lipinski definition) is 1. The SMILES string of the molecule is COC1C=CC(C(C)C)C=C1. The standard InChI is InChI=1S/C10H16O/c1-8(2)9-4-6-10(11-3)7-5-9/h4-10H,1-3H3. The molecule has 0 aromatic heterocycles. The van der Waals surface area contributed by atoms with Gasteiger partial charge in [0.15, 0.2) is 0 Å². The molecule has 0 N–H and O–H groups in total. The Hall–Kier alpha value is -0.560. The number of allylic oxidation sites excluding steroid dienone is 2. The van der Waals surface area contributed by atoms with Crippen molar-refractivity contribution in [2.75, 3.05) is 7.11 Å². The van der Waals surface area contributed by atoms with Gasteiger partial charge in [0, 0.05) is 7.11 Å². The lowest BCUT2D eigenvalue weighted by Gasteiger charge is -2.18. The molecule has 0 heterocycles. The van der Waals surface area contributed by atoms with Crippen LogP contribution >= 0.6 is 0 Å². The second-order valence-electron chi connectivity index (χ2n) is 3.29. The lowest BCUT2D eigenvalue weighted by molar-refractivity contribution is 0.175. The third-order valence-corrected chi connectivity index (χ3v) is 2.09. The molecule has 0 radical (unpaired) electrons. The molecule has 1 aliphatic rings. The van der Waals surface area contributed by atoms with Crippen LogP contribution in [0.1, 0.15) is 13.8 Å². The maximum Gasteiger partial charge on any atom is 0.0934 e. The summed E-state index contributed by atoms with van der Waals surface area (Å²) in [6.45, 7) is 4.46. The first kappa shape index (κ1) is 8.54. The fourth-order valence-electron chi connectivity index (χ4n) is 1.21. The molecule has 0 aromatic rings. The van der Waals surface area contributed by atoms with Crippen LogP contribution < -0.4 is 0 Å². The van der Waals surface area contributed by atoms with Crippen LogP contribution in [-0.2, 0) is 4.74 Å². The lowest BCUT2D eigenvalue weighted by Crippen LogP contribution is -2.11. The zero-order valence-corrected chi connectivity index (χ0v) is 7.45. The number of methoxy groups -OCH3 is 1. The zero-order chi connectivity index (χ0) is 8.27. The van der Waals surface area contributed by atoms with E-state index >= 15 is 0 Å². The fourth-order valence-corrected chi connectivity index (χ4v) is 1.21. The Balaban J connectivity index is 2.50. The minimum atomic E-state index is 0.199. The Labute approximate surface area is 68.8 Å². The van der Waals surface area contributed by atoms with E-state index in [4.69, 9.17) is 4.74 Å². The van der Waals surface area contributed by atoms with Crippen molar-refractivity contribution in [3.05, 3.63) is 24.3 Å². The number of ether oxygens (including phenoxy) is 1. The smallest absolute Gasteiger partial charge is 0.0934 e. The molecular weight excluding hydrogens is 136 g/mol. The molecule has 0 aromatic carbocycles. The minimum absolute atomic E-state index is 0.199. The van der Waals surface area contributed by atoms with Crippen molar-refractivity contribution in [3.8, 4) is 0 Å². The van der Waals surface area contributed by atoms with Gasteiger partial charge < -0.3 is 4.74 Å². The molecule has 0 aliphatic heterocycles. The van der Waals surface area contributed by atoms with Crippen LogP contribution in [-0.4, -0.2) is 13.2 Å². The molecular formula is C10H16O. The van der Waals surface area contributed by atoms with Gasteiger partial charge in [-0.3, -0.25) is 0 Å². The highest BCUT2D eigenvalue weighted by Crippen LogP contribution is 2.19. The van der Waals surface area contributed by atoms with Crippen molar-refractivity contribution >= 4 is 0 Å². The van der Waals surface area contributed by atoms with Crippen molar-refractivity contribution in [2.24, 2.45) is 11.8 Å². The summed E-state index contributed by atoms with van der Waals surface area (Å²) >= 11 is 0. The summed E-state index contributed by atoms with van der Waals surface area (Å²) in [5.74, 6) is 1.29. The van der Waals surface area contributed by atoms with Crippen LogP contribution in [0.15, 0.2) is 24.3 Å². The van der Waals surface area contributed by atoms with Crippen molar-refractivity contribution in [1.82, 2.24) is 0 Å². The van der Waals surface area contributed by atoms with Gasteiger partial charge in [-0.2, -0.15) is 0 Å². The van der Waals surface area contributed by atoms with Crippen LogP contribution in [0.4, 0.5) is 0 Å². The monoisotopic (exact) mass is 152 g/mol. The molecule has 0 bridgehead atoms. The highest BCUT2D eigenvalue weighted by atomic mass is 16.5. The van der Waals surface area contributed by atoms with Crippen LogP contribution in [0.3, 0.4) is 0 Å². The van der Waals surface area contributed by atoms with Crippen molar-refractivity contribution in [2.45, 2.75) is 20.0 Å². The van der Waals surface area contributed by atoms with Gasteiger partial charge in [-0.05, 0) is 11.8 Å². The van der Waals surface area contributed by atoms with Crippen molar-refractivity contribution < 1.29 is 4.74 Å². The molecule has 1 nitrogen and oxygen atoms in total. The Morgan fingerprint density at radius 1 is 1.09 bits per heavy atom. The van der Waals surface area contributed by atoms with Gasteiger partial charge in [0.05, 0.1) is 6.10 Å². The molecule has 62 valence electrons. The summed E-state index contributed by atoms with van der Waals surface area (Å²) in [4.78, 5) is 0.